The van der Waals surface area contributed by atoms with Crippen LogP contribution in [0, 0.1) is 25.7 Å². The van der Waals surface area contributed by atoms with Gasteiger partial charge >= 0.3 is 5.97 Å². The van der Waals surface area contributed by atoms with E-state index >= 15 is 0 Å². The summed E-state index contributed by atoms with van der Waals surface area (Å²) in [5, 5.41) is 0. The van der Waals surface area contributed by atoms with Crippen molar-refractivity contribution in [2.45, 2.75) is 46.0 Å². The van der Waals surface area contributed by atoms with E-state index in [0.29, 0.717) is 5.75 Å². The molecule has 1 aromatic carbocycles. The van der Waals surface area contributed by atoms with Crippen LogP contribution in [-0.2, 0) is 14.4 Å². The first-order valence-corrected chi connectivity index (χ1v) is 8.60. The van der Waals surface area contributed by atoms with E-state index in [1.54, 1.807) is 12.1 Å². The van der Waals surface area contributed by atoms with Gasteiger partial charge in [-0.15, -0.1) is 0 Å². The van der Waals surface area contributed by atoms with Gasteiger partial charge in [0.2, 0.25) is 11.8 Å². The van der Waals surface area contributed by atoms with Crippen LogP contribution in [0.4, 0.5) is 0 Å². The van der Waals surface area contributed by atoms with Crippen molar-refractivity contribution in [1.82, 2.24) is 4.90 Å². The third-order valence-corrected chi connectivity index (χ3v) is 4.90. The Balaban J connectivity index is 1.58. The Kier molecular flexibility index (Phi) is 4.69. The van der Waals surface area contributed by atoms with Crippen LogP contribution in [0.3, 0.4) is 0 Å². The summed E-state index contributed by atoms with van der Waals surface area (Å²) in [5.74, 6) is -0.461. The maximum atomic E-state index is 12.4. The molecular formula is C19H23NO4. The summed E-state index contributed by atoms with van der Waals surface area (Å²) in [5.41, 5.74) is 2.04. The number of aryl methyl sites for hydroxylation is 2. The Hall–Kier alpha value is -2.17. The van der Waals surface area contributed by atoms with Gasteiger partial charge in [0.25, 0.3) is 0 Å². The molecule has 128 valence electrons. The van der Waals surface area contributed by atoms with E-state index in [0.717, 1.165) is 36.8 Å². The molecule has 2 fully saturated rings. The summed E-state index contributed by atoms with van der Waals surface area (Å²) < 4.78 is 5.34. The van der Waals surface area contributed by atoms with Gasteiger partial charge in [-0.05, 0) is 49.9 Å². The number of rotatable bonds is 4. The van der Waals surface area contributed by atoms with Crippen LogP contribution < -0.4 is 4.74 Å². The average molecular weight is 329 g/mol. The van der Waals surface area contributed by atoms with E-state index in [2.05, 4.69) is 0 Å². The highest BCUT2D eigenvalue weighted by atomic mass is 16.5. The van der Waals surface area contributed by atoms with Gasteiger partial charge < -0.3 is 4.74 Å². The van der Waals surface area contributed by atoms with Crippen molar-refractivity contribution < 1.29 is 19.1 Å². The molecule has 1 aliphatic heterocycles. The Bertz CT molecular complexity index is 638. The highest BCUT2D eigenvalue weighted by Crippen LogP contribution is 2.37. The molecule has 0 bridgehead atoms. The molecule has 2 aliphatic rings. The number of carbonyl (C=O) groups is 3. The third-order valence-electron chi connectivity index (χ3n) is 4.90. The van der Waals surface area contributed by atoms with Gasteiger partial charge in [0.15, 0.2) is 0 Å². The molecule has 2 amide bonds. The summed E-state index contributed by atoms with van der Waals surface area (Å²) >= 11 is 0. The zero-order chi connectivity index (χ0) is 17.3. The lowest BCUT2D eigenvalue weighted by molar-refractivity contribution is -0.141. The minimum atomic E-state index is -0.421. The van der Waals surface area contributed by atoms with Crippen LogP contribution in [0.15, 0.2) is 18.2 Å². The second-order valence-corrected chi connectivity index (χ2v) is 6.87. The molecule has 0 unspecified atom stereocenters. The Morgan fingerprint density at radius 2 is 1.58 bits per heavy atom. The predicted octanol–water partition coefficient (Wildman–Crippen LogP) is 2.77. The number of fused-ring (bicyclic) bond motifs is 1. The lowest BCUT2D eigenvalue weighted by atomic mass is 9.81. The van der Waals surface area contributed by atoms with Gasteiger partial charge in [-0.2, -0.15) is 0 Å². The molecule has 0 radical (unpaired) electrons. The minimum absolute atomic E-state index is 0.0317. The molecular weight excluding hydrogens is 306 g/mol. The number of benzene rings is 1. The predicted molar refractivity (Wildman–Crippen MR) is 88.3 cm³/mol. The molecule has 5 heteroatoms. The van der Waals surface area contributed by atoms with Crippen molar-refractivity contribution in [3.05, 3.63) is 29.3 Å². The molecule has 2 atom stereocenters. The molecule has 1 saturated carbocycles. The molecule has 5 nitrogen and oxygen atoms in total. The van der Waals surface area contributed by atoms with Gasteiger partial charge in [-0.3, -0.25) is 19.3 Å². The Morgan fingerprint density at radius 3 is 2.12 bits per heavy atom. The fourth-order valence-corrected chi connectivity index (χ4v) is 3.83. The van der Waals surface area contributed by atoms with E-state index in [9.17, 15) is 14.4 Å². The number of amides is 2. The topological polar surface area (TPSA) is 63.7 Å². The molecule has 0 spiro atoms. The van der Waals surface area contributed by atoms with Crippen molar-refractivity contribution >= 4 is 17.8 Å². The second-order valence-electron chi connectivity index (χ2n) is 6.87. The number of hydrogen-bond acceptors (Lipinski definition) is 4. The normalized spacial score (nSPS) is 23.3. The largest absolute Gasteiger partial charge is 0.426 e. The molecule has 1 heterocycles. The molecule has 1 aromatic rings. The highest BCUT2D eigenvalue weighted by Gasteiger charge is 2.47. The van der Waals surface area contributed by atoms with Crippen molar-refractivity contribution in [1.29, 1.82) is 0 Å². The van der Waals surface area contributed by atoms with E-state index < -0.39 is 5.97 Å². The van der Waals surface area contributed by atoms with Gasteiger partial charge in [-0.1, -0.05) is 18.9 Å². The highest BCUT2D eigenvalue weighted by molar-refractivity contribution is 6.05. The van der Waals surface area contributed by atoms with E-state index in [1.807, 2.05) is 19.9 Å². The van der Waals surface area contributed by atoms with Gasteiger partial charge in [0, 0.05) is 6.54 Å². The zero-order valence-corrected chi connectivity index (χ0v) is 14.2. The van der Waals surface area contributed by atoms with Gasteiger partial charge in [0.1, 0.15) is 5.75 Å². The Morgan fingerprint density at radius 1 is 1.04 bits per heavy atom. The van der Waals surface area contributed by atoms with E-state index in [4.69, 9.17) is 4.74 Å². The second kappa shape index (κ2) is 6.75. The number of imide groups is 1. The van der Waals surface area contributed by atoms with Crippen LogP contribution in [0.25, 0.3) is 0 Å². The molecule has 3 rings (SSSR count). The maximum absolute atomic E-state index is 12.4. The van der Waals surface area contributed by atoms with E-state index in [-0.39, 0.29) is 36.6 Å². The van der Waals surface area contributed by atoms with Gasteiger partial charge in [0.05, 0.1) is 18.3 Å². The summed E-state index contributed by atoms with van der Waals surface area (Å²) in [7, 11) is 0. The van der Waals surface area contributed by atoms with Crippen LogP contribution in [0.5, 0.6) is 5.75 Å². The number of esters is 1. The molecule has 0 N–H and O–H groups in total. The molecule has 1 saturated heterocycles. The smallest absolute Gasteiger partial charge is 0.312 e. The molecule has 1 aliphatic carbocycles. The van der Waals surface area contributed by atoms with E-state index in [1.165, 1.54) is 4.90 Å². The van der Waals surface area contributed by atoms with Crippen molar-refractivity contribution in [3.8, 4) is 5.75 Å². The fourth-order valence-electron chi connectivity index (χ4n) is 3.83. The third kappa shape index (κ3) is 3.35. The first kappa shape index (κ1) is 16.7. The quantitative estimate of drug-likeness (QED) is 0.484. The first-order valence-electron chi connectivity index (χ1n) is 8.60. The number of likely N-dealkylation sites (tertiary alicyclic amines) is 1. The zero-order valence-electron chi connectivity index (χ0n) is 14.2. The van der Waals surface area contributed by atoms with Gasteiger partial charge in [-0.25, -0.2) is 0 Å². The summed E-state index contributed by atoms with van der Waals surface area (Å²) in [6, 6.07) is 5.60. The SMILES string of the molecule is Cc1cc(C)cc(OC(=O)CCN2C(=O)[C@H]3CCCC[C@H]3C2=O)c1. The summed E-state index contributed by atoms with van der Waals surface area (Å²) in [4.78, 5) is 38.0. The minimum Gasteiger partial charge on any atom is -0.426 e. The lowest BCUT2D eigenvalue weighted by Crippen LogP contribution is -2.33. The van der Waals surface area contributed by atoms with Crippen molar-refractivity contribution in [2.75, 3.05) is 6.54 Å². The first-order chi connectivity index (χ1) is 11.5. The standard InChI is InChI=1S/C19H23NO4/c1-12-9-13(2)11-14(10-12)24-17(21)7-8-20-18(22)15-5-3-4-6-16(15)19(20)23/h9-11,15-16H,3-8H2,1-2H3/t15-,16+. The van der Waals surface area contributed by atoms with Crippen molar-refractivity contribution in [2.24, 2.45) is 11.8 Å². The van der Waals surface area contributed by atoms with Crippen LogP contribution in [0.2, 0.25) is 0 Å². The Labute approximate surface area is 142 Å². The van der Waals surface area contributed by atoms with Crippen LogP contribution in [0.1, 0.15) is 43.2 Å². The monoisotopic (exact) mass is 329 g/mol. The number of hydrogen-bond donors (Lipinski definition) is 0. The van der Waals surface area contributed by atoms with Crippen molar-refractivity contribution in [3.63, 3.8) is 0 Å². The maximum Gasteiger partial charge on any atom is 0.312 e. The summed E-state index contributed by atoms with van der Waals surface area (Å²) in [6.45, 7) is 4.00. The van der Waals surface area contributed by atoms with Crippen LogP contribution >= 0.6 is 0 Å². The number of carbonyl (C=O) groups excluding carboxylic acids is 3. The molecule has 24 heavy (non-hydrogen) atoms. The number of nitrogens with zero attached hydrogens (tertiary/aromatic N) is 1. The van der Waals surface area contributed by atoms with Crippen LogP contribution in [-0.4, -0.2) is 29.2 Å². The fraction of sp³-hybridized carbons (Fsp3) is 0.526. The molecule has 0 aromatic heterocycles. The average Bonchev–Trinajstić information content (AvgIpc) is 2.76. The summed E-state index contributed by atoms with van der Waals surface area (Å²) in [6.07, 6.45) is 3.62. The lowest BCUT2D eigenvalue weighted by Gasteiger charge is -2.19. The number of ether oxygens (including phenoxy) is 1.